The number of nitrogens with one attached hydrogen (secondary N) is 2. The Bertz CT molecular complexity index is 1680. The van der Waals surface area contributed by atoms with E-state index in [1.54, 1.807) is 0 Å². The first-order chi connectivity index (χ1) is 23.7. The molecule has 3 saturated heterocycles. The van der Waals surface area contributed by atoms with Crippen LogP contribution in [0.4, 0.5) is 0 Å². The molecule has 3 fully saturated rings. The average molecular weight is 851 g/mol. The van der Waals surface area contributed by atoms with Crippen molar-refractivity contribution in [3.63, 3.8) is 0 Å². The number of carboxylic acids is 1. The maximum absolute atomic E-state index is 12.4. The smallest absolute Gasteiger partial charge is 0.397 e. The van der Waals surface area contributed by atoms with Gasteiger partial charge in [-0.15, -0.1) is 0 Å². The number of aliphatic hydroxyl groups excluding tert-OH is 5. The monoisotopic (exact) mass is 850 g/mol. The summed E-state index contributed by atoms with van der Waals surface area (Å²) in [5, 5.41) is 62.6. The molecule has 15 atom stereocenters. The normalized spacial score (nSPS) is 39.6. The molecule has 29 nitrogen and oxygen atoms in total. The van der Waals surface area contributed by atoms with E-state index >= 15 is 0 Å². The van der Waals surface area contributed by atoms with Gasteiger partial charge >= 0.3 is 47.4 Å². The zero-order valence-electron chi connectivity index (χ0n) is 25.6. The van der Waals surface area contributed by atoms with Gasteiger partial charge in [-0.3, -0.25) is 18.2 Å². The van der Waals surface area contributed by atoms with Crippen LogP contribution in [-0.2, 0) is 83.0 Å². The summed E-state index contributed by atoms with van der Waals surface area (Å²) >= 11 is 0. The van der Waals surface area contributed by atoms with Crippen molar-refractivity contribution in [3.8, 4) is 0 Å². The summed E-state index contributed by atoms with van der Waals surface area (Å²) in [6, 6.07) is -4.48. The molecule has 3 aliphatic heterocycles. The predicted octanol–water partition coefficient (Wildman–Crippen LogP) is -8.37. The van der Waals surface area contributed by atoms with E-state index in [1.807, 2.05) is 0 Å². The zero-order valence-corrected chi connectivity index (χ0v) is 28.9. The molecule has 0 amide bonds. The van der Waals surface area contributed by atoms with Gasteiger partial charge in [-0.25, -0.2) is 13.2 Å². The molecule has 0 aromatic heterocycles. The van der Waals surface area contributed by atoms with Gasteiger partial charge in [0.05, 0.1) is 13.2 Å². The van der Waals surface area contributed by atoms with Crippen molar-refractivity contribution >= 4 is 47.4 Å². The number of carboxylic acid groups (broad SMARTS) is 1. The molecular weight excluding hydrogens is 816 g/mol. The summed E-state index contributed by atoms with van der Waals surface area (Å²) in [6.45, 7) is -2.40. The highest BCUT2D eigenvalue weighted by molar-refractivity contribution is 7.84. The Morgan fingerprint density at radius 3 is 1.69 bits per heavy atom. The first-order valence-corrected chi connectivity index (χ1v) is 19.4. The maximum atomic E-state index is 12.4. The molecular formula is C19H34N2O27S4. The lowest BCUT2D eigenvalue weighted by molar-refractivity contribution is -0.358. The van der Waals surface area contributed by atoms with Gasteiger partial charge in [-0.1, -0.05) is 0 Å². The molecule has 3 rings (SSSR count). The minimum absolute atomic E-state index is 0.886. The molecule has 15 unspecified atom stereocenters. The molecule has 0 aromatic carbocycles. The topological polar surface area (TPSA) is 454 Å². The third kappa shape index (κ3) is 12.0. The molecule has 0 aliphatic carbocycles. The molecule has 0 aromatic rings. The molecule has 3 aliphatic rings. The van der Waals surface area contributed by atoms with Gasteiger partial charge in [-0.05, 0) is 0 Å². The predicted molar refractivity (Wildman–Crippen MR) is 152 cm³/mol. The second-order valence-electron chi connectivity index (χ2n) is 10.9. The summed E-state index contributed by atoms with van der Waals surface area (Å²) in [7, 11) is -20.6. The minimum Gasteiger partial charge on any atom is -0.479 e. The SMILES string of the molecule is COC1C(COS(=O)(=O)O)OC(OC2C(C(=O)O)OC(OC3C(CO)OC(O)C(NS(=O)(=O)O)C3O)C(OS(=O)(=O)O)C2O)C(NS(=O)(=O)O)C1O. The van der Waals surface area contributed by atoms with Gasteiger partial charge in [0.25, 0.3) is 0 Å². The molecule has 0 bridgehead atoms. The number of aliphatic hydroxyl groups is 5. The average Bonchev–Trinajstić information content (AvgIpc) is 2.97. The Morgan fingerprint density at radius 1 is 0.673 bits per heavy atom. The number of ether oxygens (including phenoxy) is 6. The first kappa shape index (κ1) is 44.9. The van der Waals surface area contributed by atoms with E-state index in [4.69, 9.17) is 37.5 Å². The molecule has 3 heterocycles. The zero-order chi connectivity index (χ0) is 39.7. The lowest BCUT2D eigenvalue weighted by Gasteiger charge is -2.48. The number of rotatable bonds is 16. The van der Waals surface area contributed by atoms with Crippen LogP contribution in [0.25, 0.3) is 0 Å². The lowest BCUT2D eigenvalue weighted by atomic mass is 9.95. The summed E-state index contributed by atoms with van der Waals surface area (Å²) in [4.78, 5) is 12.4. The van der Waals surface area contributed by atoms with Crippen molar-refractivity contribution in [1.82, 2.24) is 9.44 Å². The van der Waals surface area contributed by atoms with E-state index in [-0.39, 0.29) is 0 Å². The highest BCUT2D eigenvalue weighted by atomic mass is 32.3. The summed E-state index contributed by atoms with van der Waals surface area (Å²) in [5.41, 5.74) is 0. The van der Waals surface area contributed by atoms with Crippen molar-refractivity contribution in [3.05, 3.63) is 0 Å². The summed E-state index contributed by atoms with van der Waals surface area (Å²) in [5.74, 6) is -2.12. The molecule has 0 saturated carbocycles. The second-order valence-corrected chi connectivity index (χ2v) is 15.4. The largest absolute Gasteiger partial charge is 0.479 e. The van der Waals surface area contributed by atoms with Crippen LogP contribution in [0.15, 0.2) is 0 Å². The third-order valence-corrected chi connectivity index (χ3v) is 9.39. The standard InChI is InChI=1S/C19H34N2O27S4/c1-41-11-5(3-42-51(35,36)37)44-18(7(9(11)24)21-50(32,33)34)46-13-10(25)14(48-52(38,39)40)19(47-15(13)16(26)27)45-12-4(2-22)43-17(28)6(8(12)23)20-49(29,30)31/h4-15,17-25,28H,2-3H2,1H3,(H,26,27)(H,29,30,31)(H,32,33,34)(H,35,36,37)(H,38,39,40). The van der Waals surface area contributed by atoms with E-state index in [9.17, 15) is 78.2 Å². The fourth-order valence-electron chi connectivity index (χ4n) is 5.30. The van der Waals surface area contributed by atoms with Crippen LogP contribution >= 0.6 is 0 Å². The van der Waals surface area contributed by atoms with E-state index in [1.165, 1.54) is 9.44 Å². The number of aliphatic carboxylic acids is 1. The van der Waals surface area contributed by atoms with Gasteiger partial charge in [0.15, 0.2) is 31.1 Å². The van der Waals surface area contributed by atoms with E-state index < -0.39 is 153 Å². The van der Waals surface area contributed by atoms with E-state index in [0.717, 1.165) is 7.11 Å². The van der Waals surface area contributed by atoms with Crippen molar-refractivity contribution in [2.45, 2.75) is 92.0 Å². The minimum atomic E-state index is -5.73. The highest BCUT2D eigenvalue weighted by Gasteiger charge is 2.57. The van der Waals surface area contributed by atoms with Crippen LogP contribution < -0.4 is 9.44 Å². The van der Waals surface area contributed by atoms with Gasteiger partial charge in [0, 0.05) is 7.11 Å². The third-order valence-electron chi connectivity index (χ3n) is 7.35. The Kier molecular flexibility index (Phi) is 14.8. The van der Waals surface area contributed by atoms with Crippen LogP contribution in [0.2, 0.25) is 0 Å². The molecule has 12 N–H and O–H groups in total. The quantitative estimate of drug-likeness (QED) is 0.0642. The Labute approximate surface area is 292 Å². The van der Waals surface area contributed by atoms with Gasteiger partial charge in [0.1, 0.15) is 60.9 Å². The van der Waals surface area contributed by atoms with Crippen LogP contribution in [-0.4, -0.2) is 201 Å². The lowest BCUT2D eigenvalue weighted by Crippen LogP contribution is -2.70. The Hall–Kier alpha value is -1.49. The maximum Gasteiger partial charge on any atom is 0.397 e. The van der Waals surface area contributed by atoms with Crippen molar-refractivity contribution in [2.24, 2.45) is 0 Å². The van der Waals surface area contributed by atoms with Crippen LogP contribution in [0, 0.1) is 0 Å². The first-order valence-electron chi connectivity index (χ1n) is 13.8. The number of methoxy groups -OCH3 is 1. The summed E-state index contributed by atoms with van der Waals surface area (Å²) < 4.78 is 171. The van der Waals surface area contributed by atoms with Crippen LogP contribution in [0.3, 0.4) is 0 Å². The molecule has 306 valence electrons. The second kappa shape index (κ2) is 17.1. The van der Waals surface area contributed by atoms with Gasteiger partial charge < -0.3 is 59.1 Å². The van der Waals surface area contributed by atoms with E-state index in [0.29, 0.717) is 0 Å². The molecule has 33 heteroatoms. The number of carbonyl (C=O) groups is 1. The van der Waals surface area contributed by atoms with Crippen molar-refractivity contribution < 1.29 is 124 Å². The molecule has 52 heavy (non-hydrogen) atoms. The van der Waals surface area contributed by atoms with E-state index in [2.05, 4.69) is 8.37 Å². The van der Waals surface area contributed by atoms with Crippen molar-refractivity contribution in [1.29, 1.82) is 0 Å². The Balaban J connectivity index is 2.04. The van der Waals surface area contributed by atoms with Crippen LogP contribution in [0.5, 0.6) is 0 Å². The highest BCUT2D eigenvalue weighted by Crippen LogP contribution is 2.34. The van der Waals surface area contributed by atoms with Gasteiger partial charge in [-0.2, -0.15) is 43.1 Å². The fourth-order valence-corrected chi connectivity index (χ4v) is 7.29. The molecule has 0 radical (unpaired) electrons. The fraction of sp³-hybridized carbons (Fsp3) is 0.947. The number of hydrogen-bond donors (Lipinski definition) is 12. The molecule has 0 spiro atoms. The van der Waals surface area contributed by atoms with Crippen molar-refractivity contribution in [2.75, 3.05) is 20.3 Å². The van der Waals surface area contributed by atoms with Crippen LogP contribution in [0.1, 0.15) is 0 Å². The summed E-state index contributed by atoms with van der Waals surface area (Å²) in [6.07, 6.45) is -30.5. The number of hydrogen-bond acceptors (Lipinski definition) is 22. The Morgan fingerprint density at radius 2 is 1.21 bits per heavy atom. The van der Waals surface area contributed by atoms with Gasteiger partial charge in [0.2, 0.25) is 0 Å².